The van der Waals surface area contributed by atoms with Crippen LogP contribution in [0.15, 0.2) is 18.2 Å². The Kier molecular flexibility index (Phi) is 12.2. The van der Waals surface area contributed by atoms with Gasteiger partial charge >= 0.3 is 6.09 Å². The lowest BCUT2D eigenvalue weighted by molar-refractivity contribution is -0.149. The van der Waals surface area contributed by atoms with Gasteiger partial charge in [-0.3, -0.25) is 9.59 Å². The zero-order valence-electron chi connectivity index (χ0n) is 25.6. The van der Waals surface area contributed by atoms with Crippen molar-refractivity contribution >= 4 is 29.7 Å². The lowest BCUT2D eigenvalue weighted by atomic mass is 9.89. The van der Waals surface area contributed by atoms with E-state index in [0.717, 1.165) is 42.4 Å². The summed E-state index contributed by atoms with van der Waals surface area (Å²) in [6.45, 7) is 15.4. The third kappa shape index (κ3) is 9.73. The summed E-state index contributed by atoms with van der Waals surface area (Å²) in [6.07, 6.45) is 7.69. The van der Waals surface area contributed by atoms with Gasteiger partial charge in [0.05, 0.1) is 0 Å². The predicted octanol–water partition coefficient (Wildman–Crippen LogP) is 6.46. The van der Waals surface area contributed by atoms with Crippen molar-refractivity contribution < 1.29 is 19.1 Å². The fraction of sp³-hybridized carbons (Fsp3) is 0.710. The molecule has 0 bridgehead atoms. The molecule has 2 N–H and O–H groups in total. The predicted molar refractivity (Wildman–Crippen MR) is 161 cm³/mol. The maximum atomic E-state index is 14.5. The molecular formula is C31H51N3O4S. The third-order valence-electron chi connectivity index (χ3n) is 7.54. The van der Waals surface area contributed by atoms with E-state index in [-0.39, 0.29) is 17.9 Å². The monoisotopic (exact) mass is 561 g/mol. The number of carbonyl (C=O) groups excluding carboxylic acids is 3. The van der Waals surface area contributed by atoms with E-state index in [9.17, 15) is 14.4 Å². The number of benzene rings is 1. The van der Waals surface area contributed by atoms with E-state index in [2.05, 4.69) is 10.6 Å². The number of alkyl carbamates (subject to hydrolysis) is 1. The smallest absolute Gasteiger partial charge is 0.408 e. The molecule has 0 saturated heterocycles. The molecule has 1 aromatic carbocycles. The third-order valence-corrected chi connectivity index (χ3v) is 8.19. The Labute approximate surface area is 240 Å². The first-order valence-corrected chi connectivity index (χ1v) is 15.8. The van der Waals surface area contributed by atoms with Gasteiger partial charge in [-0.15, -0.1) is 0 Å². The number of hydrogen-bond donors (Lipinski definition) is 2. The van der Waals surface area contributed by atoms with Crippen LogP contribution in [-0.2, 0) is 14.3 Å². The van der Waals surface area contributed by atoms with E-state index in [4.69, 9.17) is 4.74 Å². The van der Waals surface area contributed by atoms with E-state index in [0.29, 0.717) is 18.6 Å². The van der Waals surface area contributed by atoms with Crippen LogP contribution in [0.3, 0.4) is 0 Å². The van der Waals surface area contributed by atoms with Crippen LogP contribution in [-0.4, -0.2) is 58.0 Å². The molecule has 1 saturated carbocycles. The second-order valence-electron chi connectivity index (χ2n) is 12.5. The molecule has 0 spiro atoms. The fourth-order valence-corrected chi connectivity index (χ4v) is 5.51. The van der Waals surface area contributed by atoms with Gasteiger partial charge in [0, 0.05) is 11.6 Å². The minimum absolute atomic E-state index is 0.104. The van der Waals surface area contributed by atoms with Crippen molar-refractivity contribution in [2.24, 2.45) is 0 Å². The molecule has 1 aliphatic carbocycles. The number of ether oxygens (including phenoxy) is 1. The maximum Gasteiger partial charge on any atom is 0.408 e. The molecule has 2 rings (SSSR count). The number of nitrogens with one attached hydrogen (secondary N) is 2. The zero-order valence-corrected chi connectivity index (χ0v) is 26.4. The minimum atomic E-state index is -0.827. The summed E-state index contributed by atoms with van der Waals surface area (Å²) >= 11 is 1.61. The van der Waals surface area contributed by atoms with Crippen LogP contribution in [0.2, 0.25) is 0 Å². The van der Waals surface area contributed by atoms with Gasteiger partial charge in [0.1, 0.15) is 17.7 Å². The summed E-state index contributed by atoms with van der Waals surface area (Å²) in [6, 6.07) is 4.51. The number of carbonyl (C=O) groups is 3. The molecule has 1 aromatic rings. The first-order chi connectivity index (χ1) is 18.2. The van der Waals surface area contributed by atoms with Crippen LogP contribution in [0, 0.1) is 13.8 Å². The van der Waals surface area contributed by atoms with Crippen LogP contribution in [0.5, 0.6) is 0 Å². The number of rotatable bonds is 11. The topological polar surface area (TPSA) is 87.7 Å². The van der Waals surface area contributed by atoms with Gasteiger partial charge in [-0.1, -0.05) is 49.9 Å². The zero-order chi connectivity index (χ0) is 29.4. The number of thioether (sulfide) groups is 1. The Bertz CT molecular complexity index is 983. The minimum Gasteiger partial charge on any atom is -0.444 e. The standard InChI is InChI=1S/C31H51N3O4S/c1-10-31(7,8)34(28(36)25(18-19-39-9)33-29(37)38-30(4,5)6)26(24-20-21(2)16-17-22(24)3)27(35)32-23-14-12-11-13-15-23/h16-17,20,23,25-26H,10-15,18-19H2,1-9H3,(H,32,35)(H,33,37). The molecule has 39 heavy (non-hydrogen) atoms. The highest BCUT2D eigenvalue weighted by Gasteiger charge is 2.44. The molecule has 1 aliphatic rings. The van der Waals surface area contributed by atoms with Gasteiger partial charge in [0.2, 0.25) is 11.8 Å². The van der Waals surface area contributed by atoms with Gasteiger partial charge < -0.3 is 20.3 Å². The average Bonchev–Trinajstić information content (AvgIpc) is 2.85. The number of amides is 3. The molecule has 3 amide bonds. The SMILES string of the molecule is CCC(C)(C)N(C(=O)C(CCSC)NC(=O)OC(C)(C)C)C(C(=O)NC1CCCCC1)c1cc(C)ccc1C. The largest absolute Gasteiger partial charge is 0.444 e. The number of hydrogen-bond acceptors (Lipinski definition) is 5. The van der Waals surface area contributed by atoms with Crippen molar-refractivity contribution in [1.82, 2.24) is 15.5 Å². The van der Waals surface area contributed by atoms with E-state index >= 15 is 0 Å². The van der Waals surface area contributed by atoms with E-state index in [1.807, 2.05) is 59.1 Å². The highest BCUT2D eigenvalue weighted by Crippen LogP contribution is 2.35. The van der Waals surface area contributed by atoms with Crippen molar-refractivity contribution in [3.63, 3.8) is 0 Å². The Balaban J connectivity index is 2.60. The van der Waals surface area contributed by atoms with Crippen molar-refractivity contribution in [3.05, 3.63) is 34.9 Å². The highest BCUT2D eigenvalue weighted by molar-refractivity contribution is 7.98. The second-order valence-corrected chi connectivity index (χ2v) is 13.4. The lowest BCUT2D eigenvalue weighted by Crippen LogP contribution is -2.60. The Morgan fingerprint density at radius 2 is 1.72 bits per heavy atom. The van der Waals surface area contributed by atoms with Gasteiger partial charge in [-0.05, 0) is 97.3 Å². The fourth-order valence-electron chi connectivity index (χ4n) is 5.04. The lowest BCUT2D eigenvalue weighted by Gasteiger charge is -2.45. The summed E-state index contributed by atoms with van der Waals surface area (Å²) in [4.78, 5) is 43.3. The van der Waals surface area contributed by atoms with Crippen LogP contribution >= 0.6 is 11.8 Å². The second kappa shape index (κ2) is 14.4. The average molecular weight is 562 g/mol. The van der Waals surface area contributed by atoms with Crippen LogP contribution in [0.1, 0.15) is 109 Å². The van der Waals surface area contributed by atoms with E-state index in [1.54, 1.807) is 37.4 Å². The van der Waals surface area contributed by atoms with Gasteiger partial charge in [-0.25, -0.2) is 4.79 Å². The summed E-state index contributed by atoms with van der Waals surface area (Å²) in [5, 5.41) is 6.14. The van der Waals surface area contributed by atoms with Crippen LogP contribution in [0.25, 0.3) is 0 Å². The van der Waals surface area contributed by atoms with Crippen LogP contribution < -0.4 is 10.6 Å². The normalized spacial score (nSPS) is 16.2. The van der Waals surface area contributed by atoms with Crippen molar-refractivity contribution in [3.8, 4) is 0 Å². The first-order valence-electron chi connectivity index (χ1n) is 14.4. The molecular weight excluding hydrogens is 510 g/mol. The molecule has 0 heterocycles. The molecule has 8 heteroatoms. The van der Waals surface area contributed by atoms with Crippen molar-refractivity contribution in [2.45, 2.75) is 130 Å². The molecule has 2 unspecified atom stereocenters. The van der Waals surface area contributed by atoms with Gasteiger partial charge in [-0.2, -0.15) is 11.8 Å². The molecule has 220 valence electrons. The van der Waals surface area contributed by atoms with Gasteiger partial charge in [0.15, 0.2) is 0 Å². The summed E-state index contributed by atoms with van der Waals surface area (Å²) in [7, 11) is 0. The van der Waals surface area contributed by atoms with E-state index in [1.165, 1.54) is 6.42 Å². The molecule has 1 fully saturated rings. The highest BCUT2D eigenvalue weighted by atomic mass is 32.2. The van der Waals surface area contributed by atoms with Crippen molar-refractivity contribution in [2.75, 3.05) is 12.0 Å². The van der Waals surface area contributed by atoms with Gasteiger partial charge in [0.25, 0.3) is 0 Å². The number of aryl methyl sites for hydroxylation is 2. The summed E-state index contributed by atoms with van der Waals surface area (Å²) in [5.41, 5.74) is 1.45. The summed E-state index contributed by atoms with van der Waals surface area (Å²) in [5.74, 6) is 0.243. The molecule has 7 nitrogen and oxygen atoms in total. The Morgan fingerprint density at radius 3 is 2.28 bits per heavy atom. The molecule has 2 atom stereocenters. The number of nitrogens with zero attached hydrogens (tertiary/aromatic N) is 1. The molecule has 0 aromatic heterocycles. The van der Waals surface area contributed by atoms with Crippen molar-refractivity contribution in [1.29, 1.82) is 0 Å². The Morgan fingerprint density at radius 1 is 1.08 bits per heavy atom. The first kappa shape index (κ1) is 33.0. The molecule has 0 radical (unpaired) electrons. The maximum absolute atomic E-state index is 14.5. The summed E-state index contributed by atoms with van der Waals surface area (Å²) < 4.78 is 5.51. The van der Waals surface area contributed by atoms with E-state index < -0.39 is 29.3 Å². The Hall–Kier alpha value is -2.22. The molecule has 0 aliphatic heterocycles. The van der Waals surface area contributed by atoms with Crippen LogP contribution in [0.4, 0.5) is 4.79 Å². The quantitative estimate of drug-likeness (QED) is 0.324.